The van der Waals surface area contributed by atoms with E-state index in [1.807, 2.05) is 0 Å². The Morgan fingerprint density at radius 2 is 1.82 bits per heavy atom. The highest BCUT2D eigenvalue weighted by Crippen LogP contribution is 2.50. The number of allylic oxidation sites excluding steroid dienone is 3. The van der Waals surface area contributed by atoms with Crippen molar-refractivity contribution in [2.75, 3.05) is 20.1 Å². The van der Waals surface area contributed by atoms with Crippen molar-refractivity contribution in [3.8, 4) is 0 Å². The van der Waals surface area contributed by atoms with Gasteiger partial charge in [-0.05, 0) is 94.9 Å². The van der Waals surface area contributed by atoms with E-state index < -0.39 is 0 Å². The Balaban J connectivity index is 2.12. The lowest BCUT2D eigenvalue weighted by Gasteiger charge is -2.46. The molecule has 162 valence electrons. The summed E-state index contributed by atoms with van der Waals surface area (Å²) < 4.78 is 0. The van der Waals surface area contributed by atoms with E-state index in [0.29, 0.717) is 5.41 Å². The summed E-state index contributed by atoms with van der Waals surface area (Å²) in [7, 11) is 2.38. The first kappa shape index (κ1) is 23.7. The van der Waals surface area contributed by atoms with Crippen LogP contribution < -0.4 is 0 Å². The van der Waals surface area contributed by atoms with Crippen LogP contribution in [0.25, 0.3) is 0 Å². The van der Waals surface area contributed by atoms with Crippen LogP contribution in [-0.4, -0.2) is 25.0 Å². The molecule has 0 aromatic carbocycles. The maximum Gasteiger partial charge on any atom is 0.00119 e. The molecule has 0 aromatic rings. The monoisotopic (exact) mass is 387 g/mol. The van der Waals surface area contributed by atoms with Crippen molar-refractivity contribution >= 4 is 0 Å². The van der Waals surface area contributed by atoms with Gasteiger partial charge in [0, 0.05) is 13.1 Å². The highest BCUT2D eigenvalue weighted by atomic mass is 15.1. The fraction of sp³-hybridized carbons (Fsp3) is 0.852. The van der Waals surface area contributed by atoms with E-state index in [9.17, 15) is 0 Å². The van der Waals surface area contributed by atoms with Gasteiger partial charge >= 0.3 is 0 Å². The molecule has 0 amide bonds. The molecule has 1 aliphatic carbocycles. The fourth-order valence-electron chi connectivity index (χ4n) is 6.14. The summed E-state index contributed by atoms with van der Waals surface area (Å²) >= 11 is 0. The van der Waals surface area contributed by atoms with Crippen LogP contribution in [0.2, 0.25) is 0 Å². The normalized spacial score (nSPS) is 27.7. The zero-order valence-corrected chi connectivity index (χ0v) is 20.2. The minimum absolute atomic E-state index is 0.645. The largest absolute Gasteiger partial charge is 0.306 e. The van der Waals surface area contributed by atoms with Crippen molar-refractivity contribution in [2.24, 2.45) is 29.1 Å². The van der Waals surface area contributed by atoms with Crippen molar-refractivity contribution in [1.82, 2.24) is 4.90 Å². The van der Waals surface area contributed by atoms with Crippen LogP contribution in [0.5, 0.6) is 0 Å². The number of hydrogen-bond donors (Lipinski definition) is 0. The molecule has 1 aliphatic heterocycles. The Hall–Kier alpha value is -0.560. The van der Waals surface area contributed by atoms with Gasteiger partial charge in [-0.2, -0.15) is 0 Å². The molecule has 0 N–H and O–H groups in total. The molecule has 0 radical (unpaired) electrons. The smallest absolute Gasteiger partial charge is 0.00119 e. The molecule has 1 heterocycles. The summed E-state index contributed by atoms with van der Waals surface area (Å²) in [6, 6.07) is 0. The van der Waals surface area contributed by atoms with Crippen molar-refractivity contribution in [3.63, 3.8) is 0 Å². The topological polar surface area (TPSA) is 3.24 Å². The highest BCUT2D eigenvalue weighted by Gasteiger charge is 2.41. The second-order valence-electron chi connectivity index (χ2n) is 11.1. The average molecular weight is 388 g/mol. The molecule has 0 aromatic heterocycles. The lowest BCUT2D eigenvalue weighted by atomic mass is 9.61. The fourth-order valence-corrected chi connectivity index (χ4v) is 6.14. The van der Waals surface area contributed by atoms with Gasteiger partial charge in [-0.3, -0.25) is 0 Å². The van der Waals surface area contributed by atoms with Gasteiger partial charge in [0.25, 0.3) is 0 Å². The van der Waals surface area contributed by atoms with E-state index in [4.69, 9.17) is 0 Å². The van der Waals surface area contributed by atoms with E-state index in [1.54, 1.807) is 11.1 Å². The van der Waals surface area contributed by atoms with Crippen LogP contribution in [0, 0.1) is 29.1 Å². The summed E-state index contributed by atoms with van der Waals surface area (Å²) in [4.78, 5) is 2.67. The zero-order valence-electron chi connectivity index (χ0n) is 20.2. The molecule has 0 spiro atoms. The number of rotatable bonds is 9. The zero-order chi connectivity index (χ0) is 20.9. The van der Waals surface area contributed by atoms with Crippen molar-refractivity contribution in [3.05, 3.63) is 23.3 Å². The predicted molar refractivity (Wildman–Crippen MR) is 126 cm³/mol. The number of nitrogens with zero attached hydrogens (tertiary/aromatic N) is 1. The standard InChI is InChI=1S/C27H49N/c1-9-11-25(22(6)16-20(2)3)26(21(4)5)17-23-12-13-24(19-28(8)18-23)27(7)14-10-15-27/h21,23-24,26H,2,9-19H2,1,3-8H3/b25-22+. The third kappa shape index (κ3) is 6.22. The van der Waals surface area contributed by atoms with Crippen LogP contribution in [0.15, 0.2) is 23.3 Å². The van der Waals surface area contributed by atoms with Gasteiger partial charge < -0.3 is 4.90 Å². The van der Waals surface area contributed by atoms with Crippen LogP contribution in [0.4, 0.5) is 0 Å². The van der Waals surface area contributed by atoms with Gasteiger partial charge in [-0.15, -0.1) is 0 Å². The quantitative estimate of drug-likeness (QED) is 0.364. The summed E-state index contributed by atoms with van der Waals surface area (Å²) in [6.45, 7) is 21.2. The van der Waals surface area contributed by atoms with Gasteiger partial charge in [0.2, 0.25) is 0 Å². The molecule has 1 heteroatoms. The van der Waals surface area contributed by atoms with Crippen LogP contribution in [0.1, 0.15) is 99.3 Å². The molecule has 3 unspecified atom stereocenters. The number of likely N-dealkylation sites (tertiary alicyclic amines) is 1. The Bertz CT molecular complexity index is 536. The van der Waals surface area contributed by atoms with Gasteiger partial charge in [0.15, 0.2) is 0 Å². The Labute approximate surface area is 177 Å². The van der Waals surface area contributed by atoms with E-state index in [1.165, 1.54) is 70.0 Å². The number of hydrogen-bond acceptors (Lipinski definition) is 1. The molecule has 1 nitrogen and oxygen atoms in total. The van der Waals surface area contributed by atoms with Crippen molar-refractivity contribution in [1.29, 1.82) is 0 Å². The third-order valence-electron chi connectivity index (χ3n) is 7.98. The second-order valence-corrected chi connectivity index (χ2v) is 11.1. The minimum Gasteiger partial charge on any atom is -0.306 e. The Kier molecular flexibility index (Phi) is 8.86. The van der Waals surface area contributed by atoms with Crippen molar-refractivity contribution < 1.29 is 0 Å². The molecular formula is C27H49N. The average Bonchev–Trinajstić information content (AvgIpc) is 2.76. The maximum absolute atomic E-state index is 4.18. The Morgan fingerprint density at radius 1 is 1.14 bits per heavy atom. The molecule has 2 fully saturated rings. The Morgan fingerprint density at radius 3 is 2.32 bits per heavy atom. The van der Waals surface area contributed by atoms with Gasteiger partial charge in [0.1, 0.15) is 0 Å². The predicted octanol–water partition coefficient (Wildman–Crippen LogP) is 7.88. The first-order valence-electron chi connectivity index (χ1n) is 12.2. The summed E-state index contributed by atoms with van der Waals surface area (Å²) in [6.07, 6.45) is 12.3. The summed E-state index contributed by atoms with van der Waals surface area (Å²) in [5.41, 5.74) is 5.32. The van der Waals surface area contributed by atoms with Gasteiger partial charge in [0.05, 0.1) is 0 Å². The van der Waals surface area contributed by atoms with Crippen LogP contribution in [0.3, 0.4) is 0 Å². The molecule has 0 bridgehead atoms. The molecule has 1 saturated heterocycles. The van der Waals surface area contributed by atoms with E-state index in [2.05, 4.69) is 60.1 Å². The molecule has 28 heavy (non-hydrogen) atoms. The molecule has 2 aliphatic rings. The minimum atomic E-state index is 0.645. The summed E-state index contributed by atoms with van der Waals surface area (Å²) in [5.74, 6) is 3.25. The van der Waals surface area contributed by atoms with E-state index in [0.717, 1.165) is 30.1 Å². The van der Waals surface area contributed by atoms with Gasteiger partial charge in [-0.1, -0.05) is 63.8 Å². The van der Waals surface area contributed by atoms with Gasteiger partial charge in [-0.25, -0.2) is 0 Å². The molecule has 2 rings (SSSR count). The van der Waals surface area contributed by atoms with Crippen molar-refractivity contribution in [2.45, 2.75) is 99.3 Å². The lowest BCUT2D eigenvalue weighted by molar-refractivity contribution is 0.0508. The second kappa shape index (κ2) is 10.5. The lowest BCUT2D eigenvalue weighted by Crippen LogP contribution is -2.39. The first-order valence-corrected chi connectivity index (χ1v) is 12.2. The molecule has 3 atom stereocenters. The van der Waals surface area contributed by atoms with E-state index in [-0.39, 0.29) is 0 Å². The SMILES string of the molecule is C=C(C)C/C(C)=C(\CCC)C(CC1CCC(C2(C)CCC2)CN(C)C1)C(C)C. The summed E-state index contributed by atoms with van der Waals surface area (Å²) in [5, 5.41) is 0. The van der Waals surface area contributed by atoms with E-state index >= 15 is 0 Å². The molecular weight excluding hydrogens is 338 g/mol. The van der Waals surface area contributed by atoms with Crippen LogP contribution >= 0.6 is 0 Å². The molecule has 1 saturated carbocycles. The third-order valence-corrected chi connectivity index (χ3v) is 7.98. The van der Waals surface area contributed by atoms with Crippen LogP contribution in [-0.2, 0) is 0 Å². The maximum atomic E-state index is 4.18. The highest BCUT2D eigenvalue weighted by molar-refractivity contribution is 5.21. The first-order chi connectivity index (χ1) is 13.2.